The molecule has 0 bridgehead atoms. The van der Waals surface area contributed by atoms with E-state index in [-0.39, 0.29) is 11.8 Å². The molecule has 1 unspecified atom stereocenters. The predicted octanol–water partition coefficient (Wildman–Crippen LogP) is 0.248. The van der Waals surface area contributed by atoms with Gasteiger partial charge in [0, 0.05) is 25.2 Å². The number of amides is 1. The Morgan fingerprint density at radius 3 is 2.61 bits per heavy atom. The molecule has 2 N–H and O–H groups in total. The summed E-state index contributed by atoms with van der Waals surface area (Å²) >= 11 is 0. The molecule has 0 radical (unpaired) electrons. The van der Waals surface area contributed by atoms with Crippen molar-refractivity contribution in [2.45, 2.75) is 12.5 Å². The highest BCUT2D eigenvalue weighted by Gasteiger charge is 2.41. The topological polar surface area (TPSA) is 69.6 Å². The van der Waals surface area contributed by atoms with Gasteiger partial charge in [0.2, 0.25) is 5.91 Å². The van der Waals surface area contributed by atoms with Gasteiger partial charge < -0.3 is 10.4 Å². The maximum Gasteiger partial charge on any atom is 0.327 e. The van der Waals surface area contributed by atoms with E-state index in [2.05, 4.69) is 5.32 Å². The first kappa shape index (κ1) is 11.2. The van der Waals surface area contributed by atoms with Crippen LogP contribution in [0.3, 0.4) is 0 Å². The fraction of sp³-hybridized carbons (Fsp3) is 0.385. The molecule has 0 aliphatic carbocycles. The molecule has 0 aromatic heterocycles. The van der Waals surface area contributed by atoms with E-state index in [4.69, 9.17) is 0 Å². The highest BCUT2D eigenvalue weighted by Crippen LogP contribution is 2.33. The number of anilines is 1. The van der Waals surface area contributed by atoms with Gasteiger partial charge in [0.15, 0.2) is 0 Å². The molecule has 0 saturated carbocycles. The lowest BCUT2D eigenvalue weighted by molar-refractivity contribution is -0.140. The van der Waals surface area contributed by atoms with Crippen LogP contribution >= 0.6 is 0 Å². The summed E-state index contributed by atoms with van der Waals surface area (Å²) in [6.07, 6.45) is 0.400. The number of aliphatic carboxylic acids is 1. The number of carbonyl (C=O) groups is 2. The molecule has 1 saturated heterocycles. The van der Waals surface area contributed by atoms with Crippen LogP contribution < -0.4 is 10.2 Å². The van der Waals surface area contributed by atoms with Crippen LogP contribution in [-0.4, -0.2) is 36.1 Å². The van der Waals surface area contributed by atoms with E-state index in [0.29, 0.717) is 19.5 Å². The van der Waals surface area contributed by atoms with Crippen LogP contribution in [0.4, 0.5) is 5.69 Å². The zero-order chi connectivity index (χ0) is 12.7. The summed E-state index contributed by atoms with van der Waals surface area (Å²) in [7, 11) is 0. The summed E-state index contributed by atoms with van der Waals surface area (Å²) in [4.78, 5) is 25.1. The standard InChI is InChI=1S/C13H14N2O3/c16-12(9-6-14-7-9)15-10-4-2-1-3-8(10)5-11(15)13(17)18/h1-4,9,11,14H,5-7H2,(H,17,18). The number of carboxylic acid groups (broad SMARTS) is 1. The van der Waals surface area contributed by atoms with Gasteiger partial charge in [-0.05, 0) is 11.6 Å². The van der Waals surface area contributed by atoms with Crippen molar-refractivity contribution in [3.63, 3.8) is 0 Å². The highest BCUT2D eigenvalue weighted by molar-refractivity contribution is 6.03. The molecule has 2 aliphatic heterocycles. The quantitative estimate of drug-likeness (QED) is 0.784. The Kier molecular flexibility index (Phi) is 2.56. The van der Waals surface area contributed by atoms with E-state index in [1.165, 1.54) is 4.90 Å². The van der Waals surface area contributed by atoms with E-state index in [9.17, 15) is 14.7 Å². The molecule has 1 aromatic rings. The molecule has 2 heterocycles. The lowest BCUT2D eigenvalue weighted by atomic mass is 10.0. The first-order chi connectivity index (χ1) is 8.68. The van der Waals surface area contributed by atoms with Gasteiger partial charge in [-0.25, -0.2) is 4.79 Å². The SMILES string of the molecule is O=C(O)C1Cc2ccccc2N1C(=O)C1CNC1. The van der Waals surface area contributed by atoms with E-state index in [1.54, 1.807) is 0 Å². The smallest absolute Gasteiger partial charge is 0.327 e. The Morgan fingerprint density at radius 2 is 2.00 bits per heavy atom. The van der Waals surface area contributed by atoms with Gasteiger partial charge in [-0.3, -0.25) is 9.69 Å². The number of nitrogens with one attached hydrogen (secondary N) is 1. The second-order valence-electron chi connectivity index (χ2n) is 4.75. The van der Waals surface area contributed by atoms with Crippen molar-refractivity contribution < 1.29 is 14.7 Å². The van der Waals surface area contributed by atoms with Gasteiger partial charge in [-0.1, -0.05) is 18.2 Å². The predicted molar refractivity (Wildman–Crippen MR) is 65.4 cm³/mol. The maximum atomic E-state index is 12.3. The van der Waals surface area contributed by atoms with E-state index < -0.39 is 12.0 Å². The minimum atomic E-state index is -0.938. The molecule has 1 atom stereocenters. The van der Waals surface area contributed by atoms with E-state index >= 15 is 0 Å². The Bertz CT molecular complexity index is 511. The third-order valence-electron chi connectivity index (χ3n) is 3.63. The van der Waals surface area contributed by atoms with Gasteiger partial charge >= 0.3 is 5.97 Å². The number of benzene rings is 1. The van der Waals surface area contributed by atoms with Crippen LogP contribution in [0.2, 0.25) is 0 Å². The van der Waals surface area contributed by atoms with Crippen LogP contribution in [0.15, 0.2) is 24.3 Å². The number of fused-ring (bicyclic) bond motifs is 1. The third kappa shape index (κ3) is 1.59. The molecule has 0 spiro atoms. The second kappa shape index (κ2) is 4.10. The molecule has 3 rings (SSSR count). The number of carbonyl (C=O) groups excluding carboxylic acids is 1. The molecule has 5 nitrogen and oxygen atoms in total. The minimum absolute atomic E-state index is 0.0777. The summed E-state index contributed by atoms with van der Waals surface area (Å²) in [5, 5.41) is 12.3. The maximum absolute atomic E-state index is 12.3. The van der Waals surface area contributed by atoms with Crippen LogP contribution in [0.25, 0.3) is 0 Å². The van der Waals surface area contributed by atoms with Crippen molar-refractivity contribution in [2.24, 2.45) is 5.92 Å². The molecule has 94 valence electrons. The van der Waals surface area contributed by atoms with Crippen molar-refractivity contribution in [3.05, 3.63) is 29.8 Å². The van der Waals surface area contributed by atoms with Crippen molar-refractivity contribution in [1.82, 2.24) is 5.32 Å². The van der Waals surface area contributed by atoms with Crippen molar-refractivity contribution in [3.8, 4) is 0 Å². The van der Waals surface area contributed by atoms with Crippen LogP contribution in [-0.2, 0) is 16.0 Å². The van der Waals surface area contributed by atoms with Crippen molar-refractivity contribution in [2.75, 3.05) is 18.0 Å². The Hall–Kier alpha value is -1.88. The summed E-state index contributed by atoms with van der Waals surface area (Å²) in [6, 6.07) is 6.66. The number of carboxylic acids is 1. The third-order valence-corrected chi connectivity index (χ3v) is 3.63. The number of para-hydroxylation sites is 1. The van der Waals surface area contributed by atoms with Crippen LogP contribution in [0.5, 0.6) is 0 Å². The van der Waals surface area contributed by atoms with Crippen LogP contribution in [0.1, 0.15) is 5.56 Å². The fourth-order valence-electron chi connectivity index (χ4n) is 2.52. The van der Waals surface area contributed by atoms with Gasteiger partial charge in [0.1, 0.15) is 6.04 Å². The van der Waals surface area contributed by atoms with Crippen molar-refractivity contribution >= 4 is 17.6 Å². The van der Waals surface area contributed by atoms with E-state index in [0.717, 1.165) is 11.3 Å². The molecule has 1 amide bonds. The van der Waals surface area contributed by atoms with Gasteiger partial charge in [-0.2, -0.15) is 0 Å². The first-order valence-electron chi connectivity index (χ1n) is 6.03. The molecule has 2 aliphatic rings. The summed E-state index contributed by atoms with van der Waals surface area (Å²) in [5.74, 6) is -1.10. The Balaban J connectivity index is 1.97. The normalized spacial score (nSPS) is 22.4. The van der Waals surface area contributed by atoms with E-state index in [1.807, 2.05) is 24.3 Å². The summed E-state index contributed by atoms with van der Waals surface area (Å²) in [6.45, 7) is 1.29. The molecule has 5 heteroatoms. The second-order valence-corrected chi connectivity index (χ2v) is 4.75. The van der Waals surface area contributed by atoms with Crippen molar-refractivity contribution in [1.29, 1.82) is 0 Å². The van der Waals surface area contributed by atoms with Gasteiger partial charge in [-0.15, -0.1) is 0 Å². The Morgan fingerprint density at radius 1 is 1.28 bits per heavy atom. The zero-order valence-electron chi connectivity index (χ0n) is 9.80. The molecular weight excluding hydrogens is 232 g/mol. The number of hydrogen-bond donors (Lipinski definition) is 2. The molecule has 18 heavy (non-hydrogen) atoms. The number of rotatable bonds is 2. The summed E-state index contributed by atoms with van der Waals surface area (Å²) in [5.41, 5.74) is 1.69. The fourth-order valence-corrected chi connectivity index (χ4v) is 2.52. The minimum Gasteiger partial charge on any atom is -0.480 e. The molecule has 1 aromatic carbocycles. The largest absolute Gasteiger partial charge is 0.480 e. The average Bonchev–Trinajstić information content (AvgIpc) is 2.65. The Labute approximate surface area is 104 Å². The lowest BCUT2D eigenvalue weighted by Crippen LogP contribution is -2.55. The van der Waals surface area contributed by atoms with Crippen LogP contribution in [0, 0.1) is 5.92 Å². The summed E-state index contributed by atoms with van der Waals surface area (Å²) < 4.78 is 0. The number of nitrogens with zero attached hydrogens (tertiary/aromatic N) is 1. The number of hydrogen-bond acceptors (Lipinski definition) is 3. The van der Waals surface area contributed by atoms with Gasteiger partial charge in [0.25, 0.3) is 0 Å². The monoisotopic (exact) mass is 246 g/mol. The molecular formula is C13H14N2O3. The first-order valence-corrected chi connectivity index (χ1v) is 6.03. The zero-order valence-corrected chi connectivity index (χ0v) is 9.80. The molecule has 1 fully saturated rings. The average molecular weight is 246 g/mol. The highest BCUT2D eigenvalue weighted by atomic mass is 16.4. The van der Waals surface area contributed by atoms with Gasteiger partial charge in [0.05, 0.1) is 5.92 Å². The lowest BCUT2D eigenvalue weighted by Gasteiger charge is -2.32.